The van der Waals surface area contributed by atoms with Crippen molar-refractivity contribution in [1.82, 2.24) is 5.32 Å². The second-order valence-corrected chi connectivity index (χ2v) is 6.47. The second kappa shape index (κ2) is 6.98. The fourth-order valence-corrected chi connectivity index (χ4v) is 2.01. The van der Waals surface area contributed by atoms with Crippen LogP contribution >= 0.6 is 0 Å². The summed E-state index contributed by atoms with van der Waals surface area (Å²) in [4.78, 5) is 11.6. The predicted molar refractivity (Wildman–Crippen MR) is 73.5 cm³/mol. The van der Waals surface area contributed by atoms with Crippen molar-refractivity contribution in [2.24, 2.45) is 11.3 Å². The van der Waals surface area contributed by atoms with Gasteiger partial charge in [0.1, 0.15) is 5.60 Å². The molecule has 1 atom stereocenters. The lowest BCUT2D eigenvalue weighted by Gasteiger charge is -2.33. The van der Waals surface area contributed by atoms with Crippen molar-refractivity contribution in [3.63, 3.8) is 0 Å². The van der Waals surface area contributed by atoms with Gasteiger partial charge < -0.3 is 15.2 Å². The molecule has 0 aliphatic heterocycles. The first-order valence-electron chi connectivity index (χ1n) is 6.72. The quantitative estimate of drug-likeness (QED) is 0.771. The Labute approximate surface area is 111 Å². The minimum atomic E-state index is -0.490. The van der Waals surface area contributed by atoms with Crippen LogP contribution in [0.1, 0.15) is 54.4 Å². The lowest BCUT2D eigenvalue weighted by molar-refractivity contribution is 0.0434. The first kappa shape index (κ1) is 17.2. The van der Waals surface area contributed by atoms with Gasteiger partial charge in [0.15, 0.2) is 0 Å². The first-order chi connectivity index (χ1) is 8.14. The molecule has 0 bridgehead atoms. The van der Waals surface area contributed by atoms with E-state index in [1.165, 1.54) is 0 Å². The summed E-state index contributed by atoms with van der Waals surface area (Å²) in [5, 5.41) is 12.3. The monoisotopic (exact) mass is 259 g/mol. The van der Waals surface area contributed by atoms with Crippen LogP contribution in [-0.2, 0) is 4.74 Å². The van der Waals surface area contributed by atoms with Crippen LogP contribution in [0.2, 0.25) is 0 Å². The van der Waals surface area contributed by atoms with Crippen LogP contribution in [0.15, 0.2) is 0 Å². The third-order valence-corrected chi connectivity index (χ3v) is 2.93. The molecule has 2 N–H and O–H groups in total. The molecule has 4 heteroatoms. The number of aliphatic hydroxyl groups is 1. The molecular formula is C14H29NO3. The highest BCUT2D eigenvalue weighted by molar-refractivity contribution is 5.67. The van der Waals surface area contributed by atoms with Crippen LogP contribution in [0.5, 0.6) is 0 Å². The fourth-order valence-electron chi connectivity index (χ4n) is 2.01. The second-order valence-electron chi connectivity index (χ2n) is 6.47. The summed E-state index contributed by atoms with van der Waals surface area (Å²) in [6, 6.07) is 0. The Balaban J connectivity index is 4.39. The minimum Gasteiger partial charge on any atom is -0.444 e. The van der Waals surface area contributed by atoms with Crippen molar-refractivity contribution in [2.45, 2.75) is 60.0 Å². The third kappa shape index (κ3) is 6.84. The standard InChI is InChI=1S/C14H29NO3/c1-7-14(10-16,8-11(2)3)9-15-12(17)18-13(4,5)6/h11,16H,7-10H2,1-6H3,(H,15,17). The van der Waals surface area contributed by atoms with Gasteiger partial charge in [0.2, 0.25) is 0 Å². The zero-order valence-electron chi connectivity index (χ0n) is 12.7. The molecule has 4 nitrogen and oxygen atoms in total. The van der Waals surface area contributed by atoms with Crippen LogP contribution in [0.4, 0.5) is 4.79 Å². The predicted octanol–water partition coefficient (Wildman–Crippen LogP) is 2.95. The first-order valence-corrected chi connectivity index (χ1v) is 6.72. The Kier molecular flexibility index (Phi) is 6.68. The molecular weight excluding hydrogens is 230 g/mol. The number of carbonyl (C=O) groups excluding carboxylic acids is 1. The van der Waals surface area contributed by atoms with E-state index in [-0.39, 0.29) is 12.0 Å². The topological polar surface area (TPSA) is 58.6 Å². The molecule has 0 aromatic rings. The molecule has 0 aromatic carbocycles. The zero-order chi connectivity index (χ0) is 14.4. The van der Waals surface area contributed by atoms with Crippen molar-refractivity contribution in [1.29, 1.82) is 0 Å². The summed E-state index contributed by atoms with van der Waals surface area (Å²) in [6.07, 6.45) is 1.30. The smallest absolute Gasteiger partial charge is 0.407 e. The molecule has 0 aliphatic rings. The van der Waals surface area contributed by atoms with Crippen molar-refractivity contribution < 1.29 is 14.6 Å². The average Bonchev–Trinajstić information content (AvgIpc) is 2.21. The SMILES string of the molecule is CCC(CO)(CNC(=O)OC(C)(C)C)CC(C)C. The molecule has 18 heavy (non-hydrogen) atoms. The Hall–Kier alpha value is -0.770. The van der Waals surface area contributed by atoms with Gasteiger partial charge in [-0.25, -0.2) is 4.79 Å². The fraction of sp³-hybridized carbons (Fsp3) is 0.929. The largest absolute Gasteiger partial charge is 0.444 e. The average molecular weight is 259 g/mol. The van der Waals surface area contributed by atoms with Gasteiger partial charge in [-0.05, 0) is 39.5 Å². The van der Waals surface area contributed by atoms with Crippen molar-refractivity contribution >= 4 is 6.09 Å². The molecule has 0 heterocycles. The van der Waals surface area contributed by atoms with E-state index in [2.05, 4.69) is 19.2 Å². The van der Waals surface area contributed by atoms with Crippen LogP contribution in [0, 0.1) is 11.3 Å². The molecule has 0 rings (SSSR count). The summed E-state index contributed by atoms with van der Waals surface area (Å²) in [5.41, 5.74) is -0.735. The summed E-state index contributed by atoms with van der Waals surface area (Å²) in [7, 11) is 0. The molecule has 1 unspecified atom stereocenters. The number of alkyl carbamates (subject to hydrolysis) is 1. The van der Waals surface area contributed by atoms with Crippen LogP contribution in [0.25, 0.3) is 0 Å². The highest BCUT2D eigenvalue weighted by atomic mass is 16.6. The van der Waals surface area contributed by atoms with E-state index in [9.17, 15) is 9.90 Å². The maximum absolute atomic E-state index is 11.6. The Bertz CT molecular complexity index is 252. The minimum absolute atomic E-state index is 0.0808. The summed E-state index contributed by atoms with van der Waals surface area (Å²) >= 11 is 0. The Morgan fingerprint density at radius 2 is 1.89 bits per heavy atom. The van der Waals surface area contributed by atoms with E-state index in [0.29, 0.717) is 12.5 Å². The molecule has 0 aromatic heterocycles. The Morgan fingerprint density at radius 3 is 2.22 bits per heavy atom. The van der Waals surface area contributed by atoms with Gasteiger partial charge in [-0.15, -0.1) is 0 Å². The van der Waals surface area contributed by atoms with Gasteiger partial charge in [0.05, 0.1) is 6.61 Å². The lowest BCUT2D eigenvalue weighted by Crippen LogP contribution is -2.42. The summed E-state index contributed by atoms with van der Waals surface area (Å²) in [5.74, 6) is 0.484. The van der Waals surface area contributed by atoms with E-state index < -0.39 is 11.7 Å². The van der Waals surface area contributed by atoms with Crippen LogP contribution in [0.3, 0.4) is 0 Å². The number of nitrogens with one attached hydrogen (secondary N) is 1. The van der Waals surface area contributed by atoms with Crippen molar-refractivity contribution in [3.05, 3.63) is 0 Å². The Morgan fingerprint density at radius 1 is 1.33 bits per heavy atom. The van der Waals surface area contributed by atoms with Gasteiger partial charge in [-0.1, -0.05) is 20.8 Å². The van der Waals surface area contributed by atoms with E-state index >= 15 is 0 Å². The number of ether oxygens (including phenoxy) is 1. The maximum atomic E-state index is 11.6. The number of carbonyl (C=O) groups is 1. The van der Waals surface area contributed by atoms with Gasteiger partial charge in [-0.3, -0.25) is 0 Å². The molecule has 0 aliphatic carbocycles. The maximum Gasteiger partial charge on any atom is 0.407 e. The summed E-state index contributed by atoms with van der Waals surface area (Å²) in [6.45, 7) is 12.3. The zero-order valence-corrected chi connectivity index (χ0v) is 12.7. The molecule has 0 saturated carbocycles. The summed E-state index contributed by atoms with van der Waals surface area (Å²) < 4.78 is 5.20. The van der Waals surface area contributed by atoms with E-state index in [1.54, 1.807) is 0 Å². The highest BCUT2D eigenvalue weighted by Crippen LogP contribution is 2.29. The van der Waals surface area contributed by atoms with Crippen molar-refractivity contribution in [3.8, 4) is 0 Å². The van der Waals surface area contributed by atoms with E-state index in [4.69, 9.17) is 4.74 Å². The van der Waals surface area contributed by atoms with E-state index in [0.717, 1.165) is 12.8 Å². The number of hydrogen-bond acceptors (Lipinski definition) is 3. The number of amides is 1. The number of rotatable bonds is 6. The van der Waals surface area contributed by atoms with Crippen molar-refractivity contribution in [2.75, 3.05) is 13.2 Å². The molecule has 0 saturated heterocycles. The van der Waals surface area contributed by atoms with Gasteiger partial charge in [0, 0.05) is 12.0 Å². The molecule has 0 fully saturated rings. The highest BCUT2D eigenvalue weighted by Gasteiger charge is 2.29. The van der Waals surface area contributed by atoms with E-state index in [1.807, 2.05) is 27.7 Å². The molecule has 108 valence electrons. The van der Waals surface area contributed by atoms with Crippen LogP contribution < -0.4 is 5.32 Å². The molecule has 0 radical (unpaired) electrons. The number of hydrogen-bond donors (Lipinski definition) is 2. The van der Waals surface area contributed by atoms with Gasteiger partial charge >= 0.3 is 6.09 Å². The molecule has 1 amide bonds. The number of aliphatic hydroxyl groups excluding tert-OH is 1. The lowest BCUT2D eigenvalue weighted by atomic mass is 9.78. The van der Waals surface area contributed by atoms with Crippen LogP contribution in [-0.4, -0.2) is 30.0 Å². The third-order valence-electron chi connectivity index (χ3n) is 2.93. The normalized spacial score (nSPS) is 15.3. The van der Waals surface area contributed by atoms with Gasteiger partial charge in [0.25, 0.3) is 0 Å². The molecule has 0 spiro atoms. The van der Waals surface area contributed by atoms with Gasteiger partial charge in [-0.2, -0.15) is 0 Å².